The van der Waals surface area contributed by atoms with Gasteiger partial charge in [0.1, 0.15) is 11.9 Å². The van der Waals surface area contributed by atoms with Gasteiger partial charge in [-0.25, -0.2) is 0 Å². The lowest BCUT2D eigenvalue weighted by Gasteiger charge is -2.24. The van der Waals surface area contributed by atoms with Crippen LogP contribution in [0.5, 0.6) is 5.75 Å². The van der Waals surface area contributed by atoms with E-state index >= 15 is 0 Å². The Morgan fingerprint density at radius 2 is 1.67 bits per heavy atom. The van der Waals surface area contributed by atoms with Crippen LogP contribution in [0.15, 0.2) is 54.6 Å². The molecule has 1 unspecified atom stereocenters. The summed E-state index contributed by atoms with van der Waals surface area (Å²) >= 11 is 0. The molecule has 3 atom stereocenters. The van der Waals surface area contributed by atoms with E-state index in [9.17, 15) is 4.79 Å². The standard InChI is InChI=1S/C20H23NO3/c1-21(2)13-17-18(14-9-11-16(23-3)12-10-14)19(24-20(17)22)15-7-5-4-6-8-15/h4-12,17-19H,13H2,1-3H3/t17?,18-,19-/m1/s1. The number of nitrogens with zero attached hydrogens (tertiary/aromatic N) is 1. The molecule has 4 nitrogen and oxygen atoms in total. The van der Waals surface area contributed by atoms with E-state index in [0.717, 1.165) is 16.9 Å². The molecule has 1 aliphatic rings. The minimum atomic E-state index is -0.253. The summed E-state index contributed by atoms with van der Waals surface area (Å²) in [6.07, 6.45) is -0.253. The van der Waals surface area contributed by atoms with Gasteiger partial charge in [0.2, 0.25) is 0 Å². The van der Waals surface area contributed by atoms with Crippen LogP contribution in [-0.2, 0) is 9.53 Å². The molecule has 0 aromatic heterocycles. The van der Waals surface area contributed by atoms with E-state index in [0.29, 0.717) is 6.54 Å². The number of esters is 1. The van der Waals surface area contributed by atoms with E-state index in [4.69, 9.17) is 9.47 Å². The second kappa shape index (κ2) is 7.05. The van der Waals surface area contributed by atoms with Crippen molar-refractivity contribution in [2.45, 2.75) is 12.0 Å². The zero-order chi connectivity index (χ0) is 17.1. The predicted octanol–water partition coefficient (Wildman–Crippen LogP) is 3.25. The number of hydrogen-bond acceptors (Lipinski definition) is 4. The molecule has 3 rings (SSSR count). The molecule has 0 saturated carbocycles. The third-order valence-electron chi connectivity index (χ3n) is 4.50. The minimum Gasteiger partial charge on any atom is -0.497 e. The Bertz CT molecular complexity index is 682. The molecule has 2 aromatic carbocycles. The molecular formula is C20H23NO3. The minimum absolute atomic E-state index is 0.00629. The quantitative estimate of drug-likeness (QED) is 0.791. The average molecular weight is 325 g/mol. The first-order valence-electron chi connectivity index (χ1n) is 8.14. The van der Waals surface area contributed by atoms with Gasteiger partial charge in [-0.15, -0.1) is 0 Å². The number of benzene rings is 2. The van der Waals surface area contributed by atoms with Crippen molar-refractivity contribution in [2.24, 2.45) is 5.92 Å². The lowest BCUT2D eigenvalue weighted by Crippen LogP contribution is -2.28. The summed E-state index contributed by atoms with van der Waals surface area (Å²) in [6, 6.07) is 17.9. The largest absolute Gasteiger partial charge is 0.497 e. The highest BCUT2D eigenvalue weighted by Gasteiger charge is 2.46. The van der Waals surface area contributed by atoms with Crippen LogP contribution in [0.1, 0.15) is 23.1 Å². The normalized spacial score (nSPS) is 23.3. The van der Waals surface area contributed by atoms with Crippen LogP contribution in [0.25, 0.3) is 0 Å². The summed E-state index contributed by atoms with van der Waals surface area (Å²) in [6.45, 7) is 0.666. The van der Waals surface area contributed by atoms with Crippen molar-refractivity contribution in [3.63, 3.8) is 0 Å². The van der Waals surface area contributed by atoms with Crippen molar-refractivity contribution in [1.82, 2.24) is 4.90 Å². The monoisotopic (exact) mass is 325 g/mol. The number of rotatable bonds is 5. The smallest absolute Gasteiger partial charge is 0.311 e. The van der Waals surface area contributed by atoms with E-state index in [1.165, 1.54) is 0 Å². The first kappa shape index (κ1) is 16.5. The van der Waals surface area contributed by atoms with E-state index in [2.05, 4.69) is 0 Å². The molecule has 0 radical (unpaired) electrons. The fraction of sp³-hybridized carbons (Fsp3) is 0.350. The van der Waals surface area contributed by atoms with E-state index in [-0.39, 0.29) is 23.9 Å². The van der Waals surface area contributed by atoms with Gasteiger partial charge < -0.3 is 14.4 Å². The van der Waals surface area contributed by atoms with Crippen molar-refractivity contribution >= 4 is 5.97 Å². The molecular weight excluding hydrogens is 302 g/mol. The summed E-state index contributed by atoms with van der Waals surface area (Å²) in [4.78, 5) is 14.6. The van der Waals surface area contributed by atoms with Gasteiger partial charge in [0.25, 0.3) is 0 Å². The van der Waals surface area contributed by atoms with Crippen molar-refractivity contribution in [3.8, 4) is 5.75 Å². The molecule has 4 heteroatoms. The van der Waals surface area contributed by atoms with Crippen LogP contribution in [0.2, 0.25) is 0 Å². The zero-order valence-corrected chi connectivity index (χ0v) is 14.3. The number of carbonyl (C=O) groups excluding carboxylic acids is 1. The SMILES string of the molecule is COc1ccc([C@@H]2C(CN(C)C)C(=O)O[C@@H]2c2ccccc2)cc1. The molecule has 0 bridgehead atoms. The van der Waals surface area contributed by atoms with Crippen molar-refractivity contribution < 1.29 is 14.3 Å². The van der Waals surface area contributed by atoms with E-state index < -0.39 is 0 Å². The van der Waals surface area contributed by atoms with Gasteiger partial charge in [-0.2, -0.15) is 0 Å². The number of hydrogen-bond donors (Lipinski definition) is 0. The Morgan fingerprint density at radius 1 is 1.00 bits per heavy atom. The highest BCUT2D eigenvalue weighted by molar-refractivity contribution is 5.77. The van der Waals surface area contributed by atoms with Crippen molar-refractivity contribution in [1.29, 1.82) is 0 Å². The van der Waals surface area contributed by atoms with E-state index in [1.807, 2.05) is 73.6 Å². The molecule has 0 N–H and O–H groups in total. The third kappa shape index (κ3) is 3.29. The topological polar surface area (TPSA) is 38.8 Å². The Balaban J connectivity index is 1.99. The Kier molecular flexibility index (Phi) is 4.86. The molecule has 1 saturated heterocycles. The van der Waals surface area contributed by atoms with Gasteiger partial charge in [-0.05, 0) is 37.4 Å². The molecule has 1 fully saturated rings. The lowest BCUT2D eigenvalue weighted by atomic mass is 9.81. The molecule has 2 aromatic rings. The molecule has 24 heavy (non-hydrogen) atoms. The van der Waals surface area contributed by atoms with Gasteiger partial charge in [0.05, 0.1) is 13.0 Å². The van der Waals surface area contributed by atoms with Crippen LogP contribution in [0.3, 0.4) is 0 Å². The fourth-order valence-corrected chi connectivity index (χ4v) is 3.38. The summed E-state index contributed by atoms with van der Waals surface area (Å²) in [7, 11) is 5.61. The second-order valence-corrected chi connectivity index (χ2v) is 6.44. The number of carbonyl (C=O) groups is 1. The zero-order valence-electron chi connectivity index (χ0n) is 14.3. The summed E-state index contributed by atoms with van der Waals surface area (Å²) in [5.41, 5.74) is 2.13. The van der Waals surface area contributed by atoms with Gasteiger partial charge >= 0.3 is 5.97 Å². The van der Waals surface area contributed by atoms with E-state index in [1.54, 1.807) is 7.11 Å². The fourth-order valence-electron chi connectivity index (χ4n) is 3.38. The number of ether oxygens (including phenoxy) is 2. The van der Waals surface area contributed by atoms with Crippen LogP contribution in [0, 0.1) is 5.92 Å². The van der Waals surface area contributed by atoms with Crippen LogP contribution < -0.4 is 4.74 Å². The predicted molar refractivity (Wildman–Crippen MR) is 93.1 cm³/mol. The lowest BCUT2D eigenvalue weighted by molar-refractivity contribution is -0.144. The highest BCUT2D eigenvalue weighted by atomic mass is 16.6. The summed E-state index contributed by atoms with van der Waals surface area (Å²) in [5, 5.41) is 0. The molecule has 0 aliphatic carbocycles. The number of cyclic esters (lactones) is 1. The van der Waals surface area contributed by atoms with Crippen molar-refractivity contribution in [3.05, 3.63) is 65.7 Å². The molecule has 1 aliphatic heterocycles. The van der Waals surface area contributed by atoms with Crippen LogP contribution >= 0.6 is 0 Å². The van der Waals surface area contributed by atoms with Crippen LogP contribution in [-0.4, -0.2) is 38.6 Å². The Labute approximate surface area is 143 Å². The molecule has 126 valence electrons. The third-order valence-corrected chi connectivity index (χ3v) is 4.50. The van der Waals surface area contributed by atoms with Gasteiger partial charge in [0, 0.05) is 12.5 Å². The Morgan fingerprint density at radius 3 is 2.25 bits per heavy atom. The van der Waals surface area contributed by atoms with Gasteiger partial charge in [-0.3, -0.25) is 4.79 Å². The first-order valence-corrected chi connectivity index (χ1v) is 8.14. The molecule has 0 spiro atoms. The summed E-state index contributed by atoms with van der Waals surface area (Å²) in [5.74, 6) is 0.495. The maximum Gasteiger partial charge on any atom is 0.311 e. The molecule has 1 heterocycles. The highest BCUT2D eigenvalue weighted by Crippen LogP contribution is 2.46. The first-order chi connectivity index (χ1) is 11.6. The summed E-state index contributed by atoms with van der Waals surface area (Å²) < 4.78 is 11.0. The van der Waals surface area contributed by atoms with Crippen molar-refractivity contribution in [2.75, 3.05) is 27.7 Å². The average Bonchev–Trinajstić information content (AvgIpc) is 2.92. The van der Waals surface area contributed by atoms with Gasteiger partial charge in [-0.1, -0.05) is 42.5 Å². The molecule has 0 amide bonds. The number of methoxy groups -OCH3 is 1. The second-order valence-electron chi connectivity index (χ2n) is 6.44. The Hall–Kier alpha value is -2.33. The van der Waals surface area contributed by atoms with Gasteiger partial charge in [0.15, 0.2) is 0 Å². The van der Waals surface area contributed by atoms with Crippen LogP contribution in [0.4, 0.5) is 0 Å². The maximum absolute atomic E-state index is 12.5. The maximum atomic E-state index is 12.5.